The quantitative estimate of drug-likeness (QED) is 0.812. The van der Waals surface area contributed by atoms with Gasteiger partial charge in [-0.25, -0.2) is 0 Å². The highest BCUT2D eigenvalue weighted by molar-refractivity contribution is 9.10. The van der Waals surface area contributed by atoms with Crippen LogP contribution in [0.5, 0.6) is 0 Å². The van der Waals surface area contributed by atoms with Crippen LogP contribution in [-0.4, -0.2) is 31.7 Å². The molecule has 4 nitrogen and oxygen atoms in total. The molecule has 2 N–H and O–H groups in total. The van der Waals surface area contributed by atoms with Crippen molar-refractivity contribution in [3.8, 4) is 0 Å². The first-order chi connectivity index (χ1) is 8.61. The van der Waals surface area contributed by atoms with E-state index in [1.807, 2.05) is 38.1 Å². The molecule has 0 spiro atoms. The Bertz CT molecular complexity index is 368. The monoisotopic (exact) mass is 314 g/mol. The largest absolute Gasteiger partial charge is 0.380 e. The second-order valence-corrected chi connectivity index (χ2v) is 4.91. The number of benzene rings is 1. The maximum Gasteiger partial charge on any atom is 0.238 e. The number of carbonyl (C=O) groups is 1. The highest BCUT2D eigenvalue weighted by atomic mass is 79.9. The van der Waals surface area contributed by atoms with Crippen LogP contribution in [0.2, 0.25) is 0 Å². The van der Waals surface area contributed by atoms with Gasteiger partial charge in [-0.3, -0.25) is 4.79 Å². The van der Waals surface area contributed by atoms with E-state index in [-0.39, 0.29) is 18.5 Å². The Balaban J connectivity index is 2.27. The van der Waals surface area contributed by atoms with Crippen LogP contribution in [0.1, 0.15) is 13.8 Å². The van der Waals surface area contributed by atoms with Gasteiger partial charge in [0.2, 0.25) is 5.91 Å². The maximum atomic E-state index is 11.6. The minimum absolute atomic E-state index is 0.0549. The molecule has 100 valence electrons. The smallest absolute Gasteiger partial charge is 0.238 e. The predicted molar refractivity (Wildman–Crippen MR) is 76.7 cm³/mol. The maximum absolute atomic E-state index is 11.6. The summed E-state index contributed by atoms with van der Waals surface area (Å²) in [5.41, 5.74) is 0.794. The van der Waals surface area contributed by atoms with Gasteiger partial charge in [0, 0.05) is 22.8 Å². The van der Waals surface area contributed by atoms with Crippen LogP contribution in [0.25, 0.3) is 0 Å². The van der Waals surface area contributed by atoms with E-state index in [1.54, 1.807) is 0 Å². The molecule has 0 bridgehead atoms. The molecule has 5 heteroatoms. The molecule has 18 heavy (non-hydrogen) atoms. The Hall–Kier alpha value is -0.910. The van der Waals surface area contributed by atoms with Crippen molar-refractivity contribution >= 4 is 27.5 Å². The zero-order chi connectivity index (χ0) is 13.4. The van der Waals surface area contributed by atoms with Crippen molar-refractivity contribution < 1.29 is 9.53 Å². The van der Waals surface area contributed by atoms with Gasteiger partial charge >= 0.3 is 0 Å². The summed E-state index contributed by atoms with van der Waals surface area (Å²) >= 11 is 3.35. The molecule has 0 aliphatic heterocycles. The van der Waals surface area contributed by atoms with E-state index in [2.05, 4.69) is 26.6 Å². The molecule has 0 heterocycles. The van der Waals surface area contributed by atoms with E-state index in [0.717, 1.165) is 10.2 Å². The molecule has 0 saturated heterocycles. The SMILES string of the molecule is CCOCC(C)NCC(=O)Nc1ccc(Br)cc1. The summed E-state index contributed by atoms with van der Waals surface area (Å²) in [5, 5.41) is 5.92. The standard InChI is InChI=1S/C13H19BrN2O2/c1-3-18-9-10(2)15-8-13(17)16-12-6-4-11(14)5-7-12/h4-7,10,15H,3,8-9H2,1-2H3,(H,16,17). The minimum atomic E-state index is -0.0549. The van der Waals surface area contributed by atoms with Gasteiger partial charge in [0.15, 0.2) is 0 Å². The van der Waals surface area contributed by atoms with E-state index in [4.69, 9.17) is 4.74 Å². The number of amides is 1. The zero-order valence-electron chi connectivity index (χ0n) is 10.7. The Morgan fingerprint density at radius 2 is 2.06 bits per heavy atom. The lowest BCUT2D eigenvalue weighted by Gasteiger charge is -2.13. The lowest BCUT2D eigenvalue weighted by atomic mass is 10.3. The van der Waals surface area contributed by atoms with Gasteiger partial charge in [0.1, 0.15) is 0 Å². The number of nitrogens with one attached hydrogen (secondary N) is 2. The average molecular weight is 315 g/mol. The van der Waals surface area contributed by atoms with Crippen LogP contribution in [0.4, 0.5) is 5.69 Å². The highest BCUT2D eigenvalue weighted by Gasteiger charge is 2.05. The third kappa shape index (κ3) is 6.14. The van der Waals surface area contributed by atoms with Gasteiger partial charge in [0.05, 0.1) is 13.2 Å². The van der Waals surface area contributed by atoms with Crippen molar-refractivity contribution in [3.63, 3.8) is 0 Å². The zero-order valence-corrected chi connectivity index (χ0v) is 12.3. The van der Waals surface area contributed by atoms with E-state index in [0.29, 0.717) is 13.2 Å². The van der Waals surface area contributed by atoms with Gasteiger partial charge in [0.25, 0.3) is 0 Å². The predicted octanol–water partition coefficient (Wildman–Crippen LogP) is 2.40. The molecule has 0 aliphatic rings. The first kappa shape index (κ1) is 15.1. The third-order valence-corrected chi connectivity index (χ3v) is 2.84. The van der Waals surface area contributed by atoms with Crippen LogP contribution in [0, 0.1) is 0 Å². The Morgan fingerprint density at radius 3 is 2.67 bits per heavy atom. The van der Waals surface area contributed by atoms with Gasteiger partial charge < -0.3 is 15.4 Å². The topological polar surface area (TPSA) is 50.4 Å². The van der Waals surface area contributed by atoms with Crippen LogP contribution in [0.15, 0.2) is 28.7 Å². The molecule has 0 aliphatic carbocycles. The second-order valence-electron chi connectivity index (χ2n) is 4.00. The second kappa shape index (κ2) is 8.24. The average Bonchev–Trinajstić information content (AvgIpc) is 2.36. The molecule has 1 aromatic carbocycles. The normalized spacial score (nSPS) is 12.2. The molecule has 0 saturated carbocycles. The summed E-state index contributed by atoms with van der Waals surface area (Å²) in [5.74, 6) is -0.0549. The molecule has 0 fully saturated rings. The molecular formula is C13H19BrN2O2. The van der Waals surface area contributed by atoms with Crippen LogP contribution in [0.3, 0.4) is 0 Å². The summed E-state index contributed by atoms with van der Waals surface area (Å²) in [6.07, 6.45) is 0. The summed E-state index contributed by atoms with van der Waals surface area (Å²) in [7, 11) is 0. The van der Waals surface area contributed by atoms with Crippen molar-refractivity contribution in [2.75, 3.05) is 25.1 Å². The van der Waals surface area contributed by atoms with Crippen molar-refractivity contribution in [3.05, 3.63) is 28.7 Å². The summed E-state index contributed by atoms with van der Waals surface area (Å²) < 4.78 is 6.25. The van der Waals surface area contributed by atoms with Crippen LogP contribution in [-0.2, 0) is 9.53 Å². The Morgan fingerprint density at radius 1 is 1.39 bits per heavy atom. The van der Waals surface area contributed by atoms with E-state index >= 15 is 0 Å². The van der Waals surface area contributed by atoms with E-state index in [1.165, 1.54) is 0 Å². The van der Waals surface area contributed by atoms with Gasteiger partial charge in [-0.15, -0.1) is 0 Å². The van der Waals surface area contributed by atoms with E-state index in [9.17, 15) is 4.79 Å². The van der Waals surface area contributed by atoms with Gasteiger partial charge in [-0.05, 0) is 38.1 Å². The Kier molecular flexibility index (Phi) is 6.93. The number of hydrogen-bond donors (Lipinski definition) is 2. The van der Waals surface area contributed by atoms with Crippen LogP contribution >= 0.6 is 15.9 Å². The van der Waals surface area contributed by atoms with Crippen molar-refractivity contribution in [2.24, 2.45) is 0 Å². The number of halogens is 1. The summed E-state index contributed by atoms with van der Waals surface area (Å²) in [6, 6.07) is 7.65. The first-order valence-electron chi connectivity index (χ1n) is 5.98. The lowest BCUT2D eigenvalue weighted by Crippen LogP contribution is -2.37. The Labute approximate surface area is 116 Å². The highest BCUT2D eigenvalue weighted by Crippen LogP contribution is 2.13. The number of hydrogen-bond acceptors (Lipinski definition) is 3. The van der Waals surface area contributed by atoms with E-state index < -0.39 is 0 Å². The fourth-order valence-electron chi connectivity index (χ4n) is 1.36. The molecule has 1 unspecified atom stereocenters. The van der Waals surface area contributed by atoms with Gasteiger partial charge in [-0.2, -0.15) is 0 Å². The molecule has 1 atom stereocenters. The van der Waals surface area contributed by atoms with Crippen molar-refractivity contribution in [2.45, 2.75) is 19.9 Å². The molecule has 0 aromatic heterocycles. The fraction of sp³-hybridized carbons (Fsp3) is 0.462. The molecule has 1 amide bonds. The number of rotatable bonds is 7. The molecule has 1 rings (SSSR count). The molecule has 1 aromatic rings. The minimum Gasteiger partial charge on any atom is -0.380 e. The number of anilines is 1. The van der Waals surface area contributed by atoms with Crippen molar-refractivity contribution in [1.29, 1.82) is 0 Å². The first-order valence-corrected chi connectivity index (χ1v) is 6.77. The molecule has 0 radical (unpaired) electrons. The van der Waals surface area contributed by atoms with Crippen molar-refractivity contribution in [1.82, 2.24) is 5.32 Å². The number of carbonyl (C=O) groups excluding carboxylic acids is 1. The third-order valence-electron chi connectivity index (χ3n) is 2.31. The van der Waals surface area contributed by atoms with Crippen LogP contribution < -0.4 is 10.6 Å². The molecular weight excluding hydrogens is 296 g/mol. The van der Waals surface area contributed by atoms with Gasteiger partial charge in [-0.1, -0.05) is 15.9 Å². The lowest BCUT2D eigenvalue weighted by molar-refractivity contribution is -0.115. The fourth-order valence-corrected chi connectivity index (χ4v) is 1.62. The summed E-state index contributed by atoms with van der Waals surface area (Å²) in [4.78, 5) is 11.6. The summed E-state index contributed by atoms with van der Waals surface area (Å²) in [6.45, 7) is 5.53. The number of ether oxygens (including phenoxy) is 1.